The van der Waals surface area contributed by atoms with Crippen LogP contribution in [0.5, 0.6) is 0 Å². The molecule has 0 nitrogen and oxygen atoms in total. The highest BCUT2D eigenvalue weighted by Crippen LogP contribution is 2.52. The normalized spacial score (nSPS) is 33.3. The molecule has 108 valence electrons. The number of hydrogen-bond acceptors (Lipinski definition) is 1. The molecule has 0 bridgehead atoms. The molecule has 19 heavy (non-hydrogen) atoms. The standard InChI is InChI=1S/C17H31BS/c1-11(2)16-14-9-7-5-6-8-13(18)10-15(14)19-17(16)12(3)4/h11-15H,5-10,18H2,1-4H3. The zero-order valence-electron chi connectivity index (χ0n) is 13.5. The molecule has 2 aliphatic rings. The van der Waals surface area contributed by atoms with Gasteiger partial charge in [0.1, 0.15) is 7.85 Å². The Hall–Kier alpha value is 0.155. The van der Waals surface area contributed by atoms with Crippen molar-refractivity contribution in [1.29, 1.82) is 0 Å². The van der Waals surface area contributed by atoms with Gasteiger partial charge < -0.3 is 0 Å². The van der Waals surface area contributed by atoms with Crippen LogP contribution >= 0.6 is 11.8 Å². The second-order valence-electron chi connectivity index (χ2n) is 7.37. The molecule has 1 aliphatic heterocycles. The first-order valence-corrected chi connectivity index (χ1v) is 9.29. The monoisotopic (exact) mass is 278 g/mol. The fourth-order valence-corrected chi connectivity index (χ4v) is 5.97. The largest absolute Gasteiger partial charge is 0.126 e. The summed E-state index contributed by atoms with van der Waals surface area (Å²) in [7, 11) is 2.48. The first-order chi connectivity index (χ1) is 9.00. The molecule has 0 radical (unpaired) electrons. The Morgan fingerprint density at radius 3 is 2.32 bits per heavy atom. The fourth-order valence-electron chi connectivity index (χ4n) is 3.98. The number of hydrogen-bond donors (Lipinski definition) is 0. The van der Waals surface area contributed by atoms with Crippen molar-refractivity contribution in [1.82, 2.24) is 0 Å². The summed E-state index contributed by atoms with van der Waals surface area (Å²) in [4.78, 5) is 1.75. The van der Waals surface area contributed by atoms with Gasteiger partial charge in [0.15, 0.2) is 0 Å². The molecule has 0 aromatic rings. The van der Waals surface area contributed by atoms with Gasteiger partial charge in [0.05, 0.1) is 0 Å². The third-order valence-electron chi connectivity index (χ3n) is 4.90. The molecular weight excluding hydrogens is 247 g/mol. The van der Waals surface area contributed by atoms with Crippen molar-refractivity contribution in [2.45, 2.75) is 77.3 Å². The molecule has 0 amide bonds. The highest BCUT2D eigenvalue weighted by atomic mass is 32.2. The highest BCUT2D eigenvalue weighted by Gasteiger charge is 2.37. The van der Waals surface area contributed by atoms with E-state index in [0.717, 1.165) is 28.8 Å². The molecule has 2 heteroatoms. The number of allylic oxidation sites excluding steroid dienone is 2. The van der Waals surface area contributed by atoms with Gasteiger partial charge in [0.25, 0.3) is 0 Å². The van der Waals surface area contributed by atoms with E-state index in [-0.39, 0.29) is 0 Å². The second kappa shape index (κ2) is 6.74. The van der Waals surface area contributed by atoms with E-state index < -0.39 is 0 Å². The third kappa shape index (κ3) is 3.62. The topological polar surface area (TPSA) is 0 Å². The van der Waals surface area contributed by atoms with Gasteiger partial charge in [-0.05, 0) is 35.5 Å². The summed E-state index contributed by atoms with van der Waals surface area (Å²) in [6.07, 6.45) is 8.73. The van der Waals surface area contributed by atoms with Gasteiger partial charge in [-0.1, -0.05) is 64.8 Å². The quantitative estimate of drug-likeness (QED) is 0.636. The molecule has 0 aromatic heterocycles. The lowest BCUT2D eigenvalue weighted by atomic mass is 9.76. The number of fused-ring (bicyclic) bond motifs is 1. The lowest BCUT2D eigenvalue weighted by Gasteiger charge is -2.25. The minimum atomic E-state index is 0.730. The van der Waals surface area contributed by atoms with E-state index in [2.05, 4.69) is 47.3 Å². The Labute approximate surface area is 125 Å². The number of thioether (sulfide) groups is 1. The van der Waals surface area contributed by atoms with Crippen molar-refractivity contribution < 1.29 is 0 Å². The Morgan fingerprint density at radius 2 is 1.68 bits per heavy atom. The van der Waals surface area contributed by atoms with Crippen LogP contribution in [0.25, 0.3) is 0 Å². The molecule has 3 atom stereocenters. The molecule has 1 aliphatic carbocycles. The average Bonchev–Trinajstić information content (AvgIpc) is 2.69. The summed E-state index contributed by atoms with van der Waals surface area (Å²) in [5.74, 6) is 3.30. The first-order valence-electron chi connectivity index (χ1n) is 8.41. The summed E-state index contributed by atoms with van der Waals surface area (Å²) in [5, 5.41) is 0.892. The third-order valence-corrected chi connectivity index (χ3v) is 6.69. The summed E-state index contributed by atoms with van der Waals surface area (Å²) in [5.41, 5.74) is 1.83. The van der Waals surface area contributed by atoms with Crippen LogP contribution in [0.15, 0.2) is 10.5 Å². The van der Waals surface area contributed by atoms with Gasteiger partial charge in [-0.25, -0.2) is 0 Å². The SMILES string of the molecule is BC1CCCCCC2C(C(C)C)=C(C(C)C)SC2C1. The molecule has 1 fully saturated rings. The van der Waals surface area contributed by atoms with Crippen LogP contribution in [0, 0.1) is 17.8 Å². The van der Waals surface area contributed by atoms with E-state index >= 15 is 0 Å². The Kier molecular flexibility index (Phi) is 5.51. The van der Waals surface area contributed by atoms with Gasteiger partial charge >= 0.3 is 0 Å². The highest BCUT2D eigenvalue weighted by molar-refractivity contribution is 8.04. The van der Waals surface area contributed by atoms with E-state index in [1.54, 1.807) is 4.91 Å². The molecule has 2 rings (SSSR count). The lowest BCUT2D eigenvalue weighted by Crippen LogP contribution is -2.18. The second-order valence-corrected chi connectivity index (χ2v) is 8.65. The maximum Gasteiger partial charge on any atom is 0.105 e. The molecule has 1 saturated carbocycles. The van der Waals surface area contributed by atoms with Crippen LogP contribution in [0.3, 0.4) is 0 Å². The van der Waals surface area contributed by atoms with Crippen LogP contribution in [0.4, 0.5) is 0 Å². The van der Waals surface area contributed by atoms with Crippen molar-refractivity contribution in [3.63, 3.8) is 0 Å². The van der Waals surface area contributed by atoms with Crippen molar-refractivity contribution in [3.8, 4) is 0 Å². The molecule has 0 saturated heterocycles. The summed E-state index contributed by atoms with van der Waals surface area (Å²) in [6, 6.07) is 0. The fraction of sp³-hybridized carbons (Fsp3) is 0.882. The summed E-state index contributed by atoms with van der Waals surface area (Å²) < 4.78 is 0. The van der Waals surface area contributed by atoms with Crippen LogP contribution in [0.2, 0.25) is 5.82 Å². The van der Waals surface area contributed by atoms with Gasteiger partial charge in [0.2, 0.25) is 0 Å². The molecule has 0 aromatic carbocycles. The zero-order valence-corrected chi connectivity index (χ0v) is 14.4. The van der Waals surface area contributed by atoms with Crippen molar-refractivity contribution in [2.24, 2.45) is 17.8 Å². The lowest BCUT2D eigenvalue weighted by molar-refractivity contribution is 0.467. The van der Waals surface area contributed by atoms with Crippen LogP contribution in [-0.4, -0.2) is 13.1 Å². The Balaban J connectivity index is 2.23. The Morgan fingerprint density at radius 1 is 1.00 bits per heavy atom. The molecule has 0 N–H and O–H groups in total. The minimum Gasteiger partial charge on any atom is -0.126 e. The zero-order chi connectivity index (χ0) is 14.0. The smallest absolute Gasteiger partial charge is 0.105 e. The Bertz CT molecular complexity index is 332. The molecule has 1 heterocycles. The van der Waals surface area contributed by atoms with Crippen LogP contribution in [-0.2, 0) is 0 Å². The predicted molar refractivity (Wildman–Crippen MR) is 91.6 cm³/mol. The van der Waals surface area contributed by atoms with E-state index in [0.29, 0.717) is 0 Å². The molecular formula is C17H31BS. The summed E-state index contributed by atoms with van der Waals surface area (Å²) in [6.45, 7) is 9.60. The van der Waals surface area contributed by atoms with Gasteiger partial charge in [-0.2, -0.15) is 0 Å². The van der Waals surface area contributed by atoms with Gasteiger partial charge in [0, 0.05) is 5.25 Å². The maximum absolute atomic E-state index is 2.48. The van der Waals surface area contributed by atoms with E-state index in [9.17, 15) is 0 Å². The molecule has 0 spiro atoms. The first kappa shape index (κ1) is 15.5. The van der Waals surface area contributed by atoms with Gasteiger partial charge in [-0.3, -0.25) is 0 Å². The van der Waals surface area contributed by atoms with Gasteiger partial charge in [-0.15, -0.1) is 11.8 Å². The molecule has 3 unspecified atom stereocenters. The van der Waals surface area contributed by atoms with E-state index in [4.69, 9.17) is 0 Å². The predicted octanol–water partition coefficient (Wildman–Crippen LogP) is 5.06. The van der Waals surface area contributed by atoms with Crippen LogP contribution < -0.4 is 0 Å². The van der Waals surface area contributed by atoms with E-state index in [1.807, 2.05) is 5.57 Å². The summed E-state index contributed by atoms with van der Waals surface area (Å²) >= 11 is 2.25. The van der Waals surface area contributed by atoms with Crippen molar-refractivity contribution in [3.05, 3.63) is 10.5 Å². The maximum atomic E-state index is 2.48. The van der Waals surface area contributed by atoms with Crippen molar-refractivity contribution in [2.75, 3.05) is 0 Å². The minimum absolute atomic E-state index is 0.730. The van der Waals surface area contributed by atoms with Crippen LogP contribution in [0.1, 0.15) is 66.2 Å². The van der Waals surface area contributed by atoms with E-state index in [1.165, 1.54) is 38.5 Å². The van der Waals surface area contributed by atoms with Crippen molar-refractivity contribution >= 4 is 19.6 Å². The average molecular weight is 278 g/mol. The number of rotatable bonds is 2.